The molecule has 0 unspecified atom stereocenters. The van der Waals surface area contributed by atoms with E-state index in [1.807, 2.05) is 38.1 Å². The second kappa shape index (κ2) is 6.05. The molecule has 1 N–H and O–H groups in total. The summed E-state index contributed by atoms with van der Waals surface area (Å²) in [5.41, 5.74) is 3.25. The number of carbonyl (C=O) groups is 2. The quantitative estimate of drug-likeness (QED) is 0.874. The van der Waals surface area contributed by atoms with Crippen molar-refractivity contribution >= 4 is 34.8 Å². The summed E-state index contributed by atoms with van der Waals surface area (Å²) in [6.07, 6.45) is 0.138. The van der Waals surface area contributed by atoms with E-state index in [9.17, 15) is 9.59 Å². The highest BCUT2D eigenvalue weighted by molar-refractivity contribution is 6.31. The van der Waals surface area contributed by atoms with Gasteiger partial charge in [0.2, 0.25) is 5.91 Å². The minimum Gasteiger partial charge on any atom is -0.373 e. The molecule has 0 aromatic heterocycles. The highest BCUT2D eigenvalue weighted by Crippen LogP contribution is 2.30. The Kier molecular flexibility index (Phi) is 4.09. The van der Waals surface area contributed by atoms with Crippen LogP contribution in [0.3, 0.4) is 0 Å². The summed E-state index contributed by atoms with van der Waals surface area (Å²) in [6, 6.07) is 12.3. The smallest absolute Gasteiger partial charge is 0.256 e. The Labute approximate surface area is 140 Å². The van der Waals surface area contributed by atoms with Crippen molar-refractivity contribution in [2.45, 2.75) is 26.3 Å². The minimum absolute atomic E-state index is 0.138. The van der Waals surface area contributed by atoms with Crippen molar-refractivity contribution in [1.82, 2.24) is 0 Å². The lowest BCUT2D eigenvalue weighted by Crippen LogP contribution is -2.35. The second-order valence-corrected chi connectivity index (χ2v) is 6.16. The van der Waals surface area contributed by atoms with Crippen LogP contribution in [0.4, 0.5) is 11.4 Å². The average molecular weight is 329 g/mol. The van der Waals surface area contributed by atoms with E-state index in [4.69, 9.17) is 11.6 Å². The number of rotatable bonds is 3. The van der Waals surface area contributed by atoms with Crippen molar-refractivity contribution in [3.8, 4) is 0 Å². The van der Waals surface area contributed by atoms with Crippen LogP contribution in [0.2, 0.25) is 5.02 Å². The topological polar surface area (TPSA) is 49.4 Å². The molecule has 0 spiro atoms. The molecule has 0 aliphatic carbocycles. The maximum Gasteiger partial charge on any atom is 0.256 e. The second-order valence-electron chi connectivity index (χ2n) is 5.72. The van der Waals surface area contributed by atoms with Gasteiger partial charge in [-0.3, -0.25) is 9.59 Å². The van der Waals surface area contributed by atoms with Gasteiger partial charge in [-0.15, -0.1) is 0 Å². The molecule has 3 rings (SSSR count). The summed E-state index contributed by atoms with van der Waals surface area (Å²) in [6.45, 7) is 3.81. The molecule has 118 valence electrons. The number of aryl methyl sites for hydroxylation is 2. The number of benzene rings is 2. The molecule has 1 fully saturated rings. The van der Waals surface area contributed by atoms with E-state index in [1.54, 1.807) is 18.2 Å². The highest BCUT2D eigenvalue weighted by Gasteiger charge is 2.40. The Morgan fingerprint density at radius 1 is 1.09 bits per heavy atom. The molecule has 2 aromatic carbocycles. The summed E-state index contributed by atoms with van der Waals surface area (Å²) < 4.78 is 0. The predicted molar refractivity (Wildman–Crippen MR) is 91.9 cm³/mol. The van der Waals surface area contributed by atoms with Gasteiger partial charge in [0.05, 0.1) is 12.1 Å². The Hall–Kier alpha value is -2.33. The molecule has 1 atom stereocenters. The number of imide groups is 1. The molecule has 0 radical (unpaired) electrons. The number of hydrogen-bond donors (Lipinski definition) is 1. The molecule has 2 aromatic rings. The molecule has 1 saturated heterocycles. The summed E-state index contributed by atoms with van der Waals surface area (Å²) in [7, 11) is 0. The number of para-hydroxylation sites is 1. The first-order chi connectivity index (χ1) is 11.0. The van der Waals surface area contributed by atoms with Gasteiger partial charge in [-0.2, -0.15) is 0 Å². The van der Waals surface area contributed by atoms with E-state index in [-0.39, 0.29) is 18.2 Å². The fourth-order valence-electron chi connectivity index (χ4n) is 2.92. The molecule has 5 heteroatoms. The van der Waals surface area contributed by atoms with E-state index < -0.39 is 6.04 Å². The summed E-state index contributed by atoms with van der Waals surface area (Å²) in [5, 5.41) is 3.69. The number of nitrogens with one attached hydrogen (secondary N) is 1. The maximum absolute atomic E-state index is 12.7. The van der Waals surface area contributed by atoms with Crippen molar-refractivity contribution in [1.29, 1.82) is 0 Å². The Bertz CT molecular complexity index is 768. The van der Waals surface area contributed by atoms with E-state index in [1.165, 1.54) is 4.90 Å². The third-order valence-corrected chi connectivity index (χ3v) is 4.21. The van der Waals surface area contributed by atoms with Crippen LogP contribution in [0.25, 0.3) is 0 Å². The van der Waals surface area contributed by atoms with Gasteiger partial charge < -0.3 is 5.32 Å². The number of carbonyl (C=O) groups excluding carboxylic acids is 2. The lowest BCUT2D eigenvalue weighted by molar-refractivity contribution is -0.121. The first-order valence-corrected chi connectivity index (χ1v) is 7.80. The van der Waals surface area contributed by atoms with E-state index in [2.05, 4.69) is 5.32 Å². The van der Waals surface area contributed by atoms with Crippen LogP contribution < -0.4 is 10.2 Å². The number of anilines is 2. The third-order valence-electron chi connectivity index (χ3n) is 3.98. The number of hydrogen-bond acceptors (Lipinski definition) is 3. The molecular weight excluding hydrogens is 312 g/mol. The summed E-state index contributed by atoms with van der Waals surface area (Å²) in [5.74, 6) is -0.417. The van der Waals surface area contributed by atoms with Gasteiger partial charge in [-0.05, 0) is 43.2 Å². The zero-order chi connectivity index (χ0) is 16.6. The van der Waals surface area contributed by atoms with Gasteiger partial charge in [0, 0.05) is 10.7 Å². The van der Waals surface area contributed by atoms with Gasteiger partial charge in [0.15, 0.2) is 0 Å². The van der Waals surface area contributed by atoms with Crippen LogP contribution in [0.1, 0.15) is 17.5 Å². The minimum atomic E-state index is -0.569. The maximum atomic E-state index is 12.7. The largest absolute Gasteiger partial charge is 0.373 e. The normalized spacial score (nSPS) is 17.7. The van der Waals surface area contributed by atoms with Crippen LogP contribution in [0.5, 0.6) is 0 Å². The lowest BCUT2D eigenvalue weighted by atomic mass is 10.1. The molecule has 23 heavy (non-hydrogen) atoms. The fourth-order valence-corrected chi connectivity index (χ4v) is 3.11. The van der Waals surface area contributed by atoms with Crippen molar-refractivity contribution in [2.24, 2.45) is 0 Å². The monoisotopic (exact) mass is 328 g/mol. The standard InChI is InChI=1S/C18H17ClN2O2/c1-11-5-3-6-12(2)17(11)21-16(22)10-15(18(21)23)20-14-8-4-7-13(19)9-14/h3-9,15,20H,10H2,1-2H3/t15-/m1/s1. The molecule has 1 aliphatic rings. The van der Waals surface area contributed by atoms with Gasteiger partial charge in [0.25, 0.3) is 5.91 Å². The van der Waals surface area contributed by atoms with E-state index >= 15 is 0 Å². The molecular formula is C18H17ClN2O2. The lowest BCUT2D eigenvalue weighted by Gasteiger charge is -2.20. The van der Waals surface area contributed by atoms with Crippen molar-refractivity contribution in [3.63, 3.8) is 0 Å². The zero-order valence-corrected chi connectivity index (χ0v) is 13.7. The predicted octanol–water partition coefficient (Wildman–Crippen LogP) is 3.70. The molecule has 2 amide bonds. The molecule has 1 heterocycles. The van der Waals surface area contributed by atoms with Crippen LogP contribution in [0, 0.1) is 13.8 Å². The highest BCUT2D eigenvalue weighted by atomic mass is 35.5. The fraction of sp³-hybridized carbons (Fsp3) is 0.222. The van der Waals surface area contributed by atoms with Crippen LogP contribution in [-0.4, -0.2) is 17.9 Å². The SMILES string of the molecule is Cc1cccc(C)c1N1C(=O)C[C@@H](Nc2cccc(Cl)c2)C1=O. The number of amides is 2. The van der Waals surface area contributed by atoms with E-state index in [0.717, 1.165) is 16.8 Å². The zero-order valence-electron chi connectivity index (χ0n) is 13.0. The average Bonchev–Trinajstić information content (AvgIpc) is 2.75. The molecule has 4 nitrogen and oxygen atoms in total. The van der Waals surface area contributed by atoms with Gasteiger partial charge in [-0.1, -0.05) is 35.9 Å². The summed E-state index contributed by atoms with van der Waals surface area (Å²) in [4.78, 5) is 26.4. The molecule has 0 bridgehead atoms. The summed E-state index contributed by atoms with van der Waals surface area (Å²) >= 11 is 5.96. The van der Waals surface area contributed by atoms with Gasteiger partial charge in [0.1, 0.15) is 6.04 Å². The van der Waals surface area contributed by atoms with Gasteiger partial charge >= 0.3 is 0 Å². The number of nitrogens with zero attached hydrogens (tertiary/aromatic N) is 1. The molecule has 0 saturated carbocycles. The Balaban J connectivity index is 1.88. The first-order valence-electron chi connectivity index (χ1n) is 7.42. The number of halogens is 1. The van der Waals surface area contributed by atoms with Gasteiger partial charge in [-0.25, -0.2) is 4.90 Å². The third kappa shape index (κ3) is 2.94. The first kappa shape index (κ1) is 15.6. The van der Waals surface area contributed by atoms with Crippen molar-refractivity contribution in [2.75, 3.05) is 10.2 Å². The molecule has 1 aliphatic heterocycles. The van der Waals surface area contributed by atoms with Crippen molar-refractivity contribution in [3.05, 3.63) is 58.6 Å². The van der Waals surface area contributed by atoms with Crippen LogP contribution in [0.15, 0.2) is 42.5 Å². The van der Waals surface area contributed by atoms with E-state index in [0.29, 0.717) is 10.7 Å². The van der Waals surface area contributed by atoms with Crippen LogP contribution in [-0.2, 0) is 9.59 Å². The van der Waals surface area contributed by atoms with Crippen LogP contribution >= 0.6 is 11.6 Å². The Morgan fingerprint density at radius 2 is 1.74 bits per heavy atom. The van der Waals surface area contributed by atoms with Crippen molar-refractivity contribution < 1.29 is 9.59 Å². The Morgan fingerprint density at radius 3 is 2.39 bits per heavy atom.